The van der Waals surface area contributed by atoms with Gasteiger partial charge in [-0.25, -0.2) is 9.18 Å². The summed E-state index contributed by atoms with van der Waals surface area (Å²) in [6.45, 7) is 3.59. The number of esters is 1. The van der Waals surface area contributed by atoms with Crippen molar-refractivity contribution < 1.29 is 23.6 Å². The Balaban J connectivity index is 1.93. The number of nitrogens with one attached hydrogen (secondary N) is 2. The van der Waals surface area contributed by atoms with E-state index in [4.69, 9.17) is 4.74 Å². The van der Waals surface area contributed by atoms with Crippen LogP contribution in [-0.2, 0) is 4.74 Å². The smallest absolute Gasteiger partial charge is 0.337 e. The molecule has 27 heavy (non-hydrogen) atoms. The molecule has 0 saturated carbocycles. The second-order valence-corrected chi connectivity index (χ2v) is 6.60. The van der Waals surface area contributed by atoms with E-state index in [-0.39, 0.29) is 5.56 Å². The number of methoxy groups -OCH3 is 1. The third-order valence-electron chi connectivity index (χ3n) is 4.74. The van der Waals surface area contributed by atoms with Crippen LogP contribution in [0.1, 0.15) is 20.7 Å². The van der Waals surface area contributed by atoms with Crippen molar-refractivity contribution in [2.45, 2.75) is 0 Å². The van der Waals surface area contributed by atoms with Gasteiger partial charge in [-0.3, -0.25) is 4.79 Å². The fourth-order valence-corrected chi connectivity index (χ4v) is 3.12. The fraction of sp³-hybridized carbons (Fsp3) is 0.300. The summed E-state index contributed by atoms with van der Waals surface area (Å²) in [4.78, 5) is 28.1. The molecular weight excluding hydrogens is 349 g/mol. The Morgan fingerprint density at radius 2 is 1.85 bits per heavy atom. The Morgan fingerprint density at radius 1 is 1.15 bits per heavy atom. The van der Waals surface area contributed by atoms with Crippen LogP contribution < -0.4 is 15.1 Å². The molecule has 0 bridgehead atoms. The van der Waals surface area contributed by atoms with Gasteiger partial charge in [0.15, 0.2) is 0 Å². The molecule has 2 N–H and O–H groups in total. The molecule has 1 aliphatic heterocycles. The van der Waals surface area contributed by atoms with Gasteiger partial charge in [-0.05, 0) is 30.3 Å². The van der Waals surface area contributed by atoms with Crippen LogP contribution in [-0.4, -0.2) is 52.2 Å². The topological polar surface area (TPSA) is 63.1 Å². The summed E-state index contributed by atoms with van der Waals surface area (Å²) >= 11 is 0. The zero-order chi connectivity index (χ0) is 19.4. The average Bonchev–Trinajstić information content (AvgIpc) is 2.68. The Hall–Kier alpha value is -2.93. The van der Waals surface area contributed by atoms with Gasteiger partial charge in [0.1, 0.15) is 5.82 Å². The lowest BCUT2D eigenvalue weighted by Gasteiger charge is -2.33. The molecule has 1 fully saturated rings. The second kappa shape index (κ2) is 8.18. The molecule has 7 heteroatoms. The lowest BCUT2D eigenvalue weighted by Crippen LogP contribution is -3.12. The van der Waals surface area contributed by atoms with E-state index in [2.05, 4.69) is 17.3 Å². The van der Waals surface area contributed by atoms with Crippen LogP contribution >= 0.6 is 0 Å². The van der Waals surface area contributed by atoms with Gasteiger partial charge in [0.25, 0.3) is 5.91 Å². The first kappa shape index (κ1) is 18.8. The molecule has 0 unspecified atom stereocenters. The lowest BCUT2D eigenvalue weighted by atomic mass is 10.1. The maximum Gasteiger partial charge on any atom is 0.337 e. The van der Waals surface area contributed by atoms with Gasteiger partial charge in [-0.2, -0.15) is 0 Å². The summed E-state index contributed by atoms with van der Waals surface area (Å²) in [5.41, 5.74) is 1.55. The fourth-order valence-electron chi connectivity index (χ4n) is 3.12. The number of amides is 1. The number of benzene rings is 2. The first-order chi connectivity index (χ1) is 13.0. The predicted octanol–water partition coefficient (Wildman–Crippen LogP) is 1.20. The number of likely N-dealkylation sites (N-methyl/N-ethyl adjacent to an activating group) is 1. The van der Waals surface area contributed by atoms with Crippen molar-refractivity contribution in [3.8, 4) is 0 Å². The number of anilines is 2. The van der Waals surface area contributed by atoms with Crippen molar-refractivity contribution in [2.75, 3.05) is 50.6 Å². The number of nitrogens with zero attached hydrogens (tertiary/aromatic N) is 1. The van der Waals surface area contributed by atoms with Gasteiger partial charge in [-0.15, -0.1) is 0 Å². The maximum absolute atomic E-state index is 14.0. The molecule has 1 saturated heterocycles. The molecule has 142 valence electrons. The maximum atomic E-state index is 14.0. The van der Waals surface area contributed by atoms with Crippen LogP contribution in [0.25, 0.3) is 0 Å². The van der Waals surface area contributed by atoms with Crippen molar-refractivity contribution in [3.05, 3.63) is 59.4 Å². The Morgan fingerprint density at radius 3 is 2.52 bits per heavy atom. The Kier molecular flexibility index (Phi) is 5.71. The molecule has 1 heterocycles. The number of quaternary nitrogens is 1. The highest BCUT2D eigenvalue weighted by atomic mass is 19.1. The van der Waals surface area contributed by atoms with E-state index in [1.807, 2.05) is 0 Å². The highest BCUT2D eigenvalue weighted by Gasteiger charge is 2.22. The van der Waals surface area contributed by atoms with Crippen LogP contribution in [0, 0.1) is 5.82 Å². The van der Waals surface area contributed by atoms with Gasteiger partial charge in [0, 0.05) is 0 Å². The Labute approximate surface area is 157 Å². The monoisotopic (exact) mass is 372 g/mol. The number of ether oxygens (including phenoxy) is 1. The lowest BCUT2D eigenvalue weighted by molar-refractivity contribution is -0.880. The molecule has 0 atom stereocenters. The molecule has 2 aromatic carbocycles. The molecule has 2 aromatic rings. The van der Waals surface area contributed by atoms with Crippen LogP contribution in [0.15, 0.2) is 42.5 Å². The van der Waals surface area contributed by atoms with E-state index in [1.54, 1.807) is 24.3 Å². The highest BCUT2D eigenvalue weighted by molar-refractivity contribution is 6.07. The number of hydrogen-bond donors (Lipinski definition) is 2. The minimum Gasteiger partial charge on any atom is -0.465 e. The van der Waals surface area contributed by atoms with Gasteiger partial charge < -0.3 is 19.9 Å². The molecule has 0 aliphatic carbocycles. The number of carbonyl (C=O) groups excluding carboxylic acids is 2. The van der Waals surface area contributed by atoms with E-state index < -0.39 is 17.7 Å². The molecule has 1 amide bonds. The third-order valence-corrected chi connectivity index (χ3v) is 4.74. The molecule has 0 aromatic heterocycles. The Bertz CT molecular complexity index is 848. The molecule has 0 spiro atoms. The zero-order valence-corrected chi connectivity index (χ0v) is 15.4. The summed E-state index contributed by atoms with van der Waals surface area (Å²) < 4.78 is 18.7. The molecular formula is C20H23FN3O3+. The minimum absolute atomic E-state index is 0.0465. The first-order valence-corrected chi connectivity index (χ1v) is 8.84. The van der Waals surface area contributed by atoms with E-state index in [0.717, 1.165) is 31.9 Å². The van der Waals surface area contributed by atoms with Crippen molar-refractivity contribution >= 4 is 23.3 Å². The molecule has 1 aliphatic rings. The van der Waals surface area contributed by atoms with Gasteiger partial charge in [0.2, 0.25) is 0 Å². The summed E-state index contributed by atoms with van der Waals surface area (Å²) in [6.07, 6.45) is 0. The highest BCUT2D eigenvalue weighted by Crippen LogP contribution is 2.28. The molecule has 6 nitrogen and oxygen atoms in total. The second-order valence-electron chi connectivity index (χ2n) is 6.60. The number of hydrogen-bond acceptors (Lipinski definition) is 4. The first-order valence-electron chi connectivity index (χ1n) is 8.84. The third kappa shape index (κ3) is 4.25. The van der Waals surface area contributed by atoms with Crippen LogP contribution in [0.4, 0.5) is 15.8 Å². The van der Waals surface area contributed by atoms with E-state index in [9.17, 15) is 14.0 Å². The number of piperazine rings is 1. The normalized spacial score (nSPS) is 14.7. The van der Waals surface area contributed by atoms with Crippen LogP contribution in [0.5, 0.6) is 0 Å². The number of rotatable bonds is 4. The van der Waals surface area contributed by atoms with Gasteiger partial charge in [0.05, 0.1) is 62.8 Å². The SMILES string of the molecule is COC(=O)c1ccc(N2CC[NH+](C)CC2)c(NC(=O)c2ccccc2F)c1. The van der Waals surface area contributed by atoms with E-state index in [1.165, 1.54) is 30.2 Å². The van der Waals surface area contributed by atoms with Gasteiger partial charge >= 0.3 is 5.97 Å². The zero-order valence-electron chi connectivity index (χ0n) is 15.4. The van der Waals surface area contributed by atoms with Crippen molar-refractivity contribution in [1.29, 1.82) is 0 Å². The summed E-state index contributed by atoms with van der Waals surface area (Å²) in [5, 5.41) is 2.76. The molecule has 0 radical (unpaired) electrons. The van der Waals surface area contributed by atoms with Crippen molar-refractivity contribution in [1.82, 2.24) is 0 Å². The minimum atomic E-state index is -0.594. The number of carbonyl (C=O) groups is 2. The quantitative estimate of drug-likeness (QED) is 0.792. The standard InChI is InChI=1S/C20H22FN3O3/c1-23-9-11-24(12-10-23)18-8-7-14(20(26)27-2)13-17(18)22-19(25)15-5-3-4-6-16(15)21/h3-8,13H,9-12H2,1-2H3,(H,22,25)/p+1. The predicted molar refractivity (Wildman–Crippen MR) is 101 cm³/mol. The summed E-state index contributed by atoms with van der Waals surface area (Å²) in [6, 6.07) is 10.8. The van der Waals surface area contributed by atoms with Crippen LogP contribution in [0.2, 0.25) is 0 Å². The summed E-state index contributed by atoms with van der Waals surface area (Å²) in [7, 11) is 3.44. The van der Waals surface area contributed by atoms with E-state index in [0.29, 0.717) is 11.3 Å². The molecule has 3 rings (SSSR count). The average molecular weight is 372 g/mol. The van der Waals surface area contributed by atoms with Crippen LogP contribution in [0.3, 0.4) is 0 Å². The van der Waals surface area contributed by atoms with Gasteiger partial charge in [-0.1, -0.05) is 12.1 Å². The largest absolute Gasteiger partial charge is 0.465 e. The van der Waals surface area contributed by atoms with E-state index >= 15 is 0 Å². The number of halogens is 1. The van der Waals surface area contributed by atoms with Crippen molar-refractivity contribution in [3.63, 3.8) is 0 Å². The summed E-state index contributed by atoms with van der Waals surface area (Å²) in [5.74, 6) is -1.65. The van der Waals surface area contributed by atoms with Crippen molar-refractivity contribution in [2.24, 2.45) is 0 Å².